The molecular weight excluding hydrogens is 266 g/mol. The Hall–Kier alpha value is -0.870. The Kier molecular flexibility index (Phi) is 4.65. The number of carbonyl (C=O) groups excluding carboxylic acids is 1. The molecule has 21 heavy (non-hydrogen) atoms. The molecule has 1 N–H and O–H groups in total. The Bertz CT molecular complexity index is 412. The highest BCUT2D eigenvalue weighted by molar-refractivity contribution is 5.93. The van der Waals surface area contributed by atoms with Crippen LogP contribution in [0.2, 0.25) is 0 Å². The second-order valence-corrected chi connectivity index (χ2v) is 6.53. The summed E-state index contributed by atoms with van der Waals surface area (Å²) in [5.74, 6) is 0.153. The first-order valence-electron chi connectivity index (χ1n) is 8.45. The molecule has 118 valence electrons. The number of amides is 1. The van der Waals surface area contributed by atoms with E-state index in [0.29, 0.717) is 0 Å². The van der Waals surface area contributed by atoms with Gasteiger partial charge in [0.1, 0.15) is 0 Å². The van der Waals surface area contributed by atoms with Gasteiger partial charge in [0, 0.05) is 36.9 Å². The molecule has 2 fully saturated rings. The van der Waals surface area contributed by atoms with E-state index in [1.807, 2.05) is 6.92 Å². The molecule has 0 unspecified atom stereocenters. The molecule has 0 aromatic heterocycles. The lowest BCUT2D eigenvalue weighted by Crippen LogP contribution is -2.66. The number of carbonyl (C=O) groups is 1. The van der Waals surface area contributed by atoms with Crippen molar-refractivity contribution in [3.05, 3.63) is 11.6 Å². The standard InChI is InChI=1S/C17H27NO3/c1-2-21-15-12-14(17(15)8-10-20-11-9-17)18-16(19)13-6-4-3-5-7-13/h6,14-15H,2-5,7-12H2,1H3,(H,18,19)/t14-,15-/m1/s1. The molecule has 3 rings (SSSR count). The maximum absolute atomic E-state index is 12.4. The Labute approximate surface area is 127 Å². The van der Waals surface area contributed by atoms with E-state index in [9.17, 15) is 4.79 Å². The molecule has 4 nitrogen and oxygen atoms in total. The lowest BCUT2D eigenvalue weighted by Gasteiger charge is -2.57. The molecular formula is C17H27NO3. The third-order valence-corrected chi connectivity index (χ3v) is 5.46. The number of rotatable bonds is 4. The molecule has 2 aliphatic carbocycles. The van der Waals surface area contributed by atoms with Crippen LogP contribution in [0, 0.1) is 5.41 Å². The SMILES string of the molecule is CCO[C@@H]1C[C@@H](NC(=O)C2=CCCCC2)C12CCOCC2. The predicted molar refractivity (Wildman–Crippen MR) is 81.0 cm³/mol. The summed E-state index contributed by atoms with van der Waals surface area (Å²) in [4.78, 5) is 12.4. The summed E-state index contributed by atoms with van der Waals surface area (Å²) in [6, 6.07) is 0.258. The highest BCUT2D eigenvalue weighted by Gasteiger charge is 2.56. The van der Waals surface area contributed by atoms with E-state index >= 15 is 0 Å². The first kappa shape index (κ1) is 15.0. The van der Waals surface area contributed by atoms with E-state index in [2.05, 4.69) is 11.4 Å². The lowest BCUT2D eigenvalue weighted by molar-refractivity contribution is -0.175. The van der Waals surface area contributed by atoms with Gasteiger partial charge in [0.25, 0.3) is 0 Å². The average molecular weight is 293 g/mol. The van der Waals surface area contributed by atoms with Crippen molar-refractivity contribution in [2.75, 3.05) is 19.8 Å². The van der Waals surface area contributed by atoms with E-state index in [0.717, 1.165) is 63.9 Å². The maximum atomic E-state index is 12.4. The Balaban J connectivity index is 1.64. The molecule has 2 atom stereocenters. The molecule has 0 aromatic carbocycles. The third kappa shape index (κ3) is 2.88. The molecule has 4 heteroatoms. The van der Waals surface area contributed by atoms with Gasteiger partial charge in [-0.05, 0) is 51.9 Å². The van der Waals surface area contributed by atoms with Gasteiger partial charge in [-0.3, -0.25) is 4.79 Å². The molecule has 1 amide bonds. The van der Waals surface area contributed by atoms with Crippen LogP contribution in [-0.2, 0) is 14.3 Å². The summed E-state index contributed by atoms with van der Waals surface area (Å²) in [6.07, 6.45) is 9.71. The van der Waals surface area contributed by atoms with Crippen molar-refractivity contribution >= 4 is 5.91 Å². The van der Waals surface area contributed by atoms with Crippen LogP contribution in [0.5, 0.6) is 0 Å². The van der Waals surface area contributed by atoms with Crippen LogP contribution in [0.1, 0.15) is 51.9 Å². The number of hydrogen-bond acceptors (Lipinski definition) is 3. The van der Waals surface area contributed by atoms with Gasteiger partial charge < -0.3 is 14.8 Å². The Morgan fingerprint density at radius 2 is 2.24 bits per heavy atom. The van der Waals surface area contributed by atoms with Gasteiger partial charge in [0.15, 0.2) is 0 Å². The van der Waals surface area contributed by atoms with E-state index in [-0.39, 0.29) is 23.5 Å². The molecule has 0 radical (unpaired) electrons. The van der Waals surface area contributed by atoms with Crippen molar-refractivity contribution in [3.8, 4) is 0 Å². The van der Waals surface area contributed by atoms with Crippen LogP contribution in [0.15, 0.2) is 11.6 Å². The minimum atomic E-state index is 0.110. The first-order valence-corrected chi connectivity index (χ1v) is 8.45. The highest BCUT2D eigenvalue weighted by Crippen LogP contribution is 2.50. The molecule has 1 heterocycles. The van der Waals surface area contributed by atoms with Crippen molar-refractivity contribution in [2.45, 2.75) is 64.0 Å². The van der Waals surface area contributed by atoms with E-state index < -0.39 is 0 Å². The monoisotopic (exact) mass is 293 g/mol. The molecule has 0 bridgehead atoms. The lowest BCUT2D eigenvalue weighted by atomic mass is 9.57. The minimum absolute atomic E-state index is 0.110. The topological polar surface area (TPSA) is 47.6 Å². The van der Waals surface area contributed by atoms with Gasteiger partial charge in [-0.25, -0.2) is 0 Å². The molecule has 0 aromatic rings. The van der Waals surface area contributed by atoms with Crippen LogP contribution in [0.25, 0.3) is 0 Å². The van der Waals surface area contributed by atoms with Crippen LogP contribution in [-0.4, -0.2) is 37.9 Å². The Morgan fingerprint density at radius 3 is 2.90 bits per heavy atom. The summed E-state index contributed by atoms with van der Waals surface area (Å²) >= 11 is 0. The fourth-order valence-corrected chi connectivity index (χ4v) is 4.10. The number of nitrogens with one attached hydrogen (secondary N) is 1. The number of allylic oxidation sites excluding steroid dienone is 1. The fraction of sp³-hybridized carbons (Fsp3) is 0.824. The van der Waals surface area contributed by atoms with Gasteiger partial charge in [-0.2, -0.15) is 0 Å². The normalized spacial score (nSPS) is 31.4. The van der Waals surface area contributed by atoms with Gasteiger partial charge in [-0.15, -0.1) is 0 Å². The summed E-state index contributed by atoms with van der Waals surface area (Å²) in [5.41, 5.74) is 1.10. The van der Waals surface area contributed by atoms with Crippen molar-refractivity contribution in [1.82, 2.24) is 5.32 Å². The van der Waals surface area contributed by atoms with E-state index in [4.69, 9.17) is 9.47 Å². The van der Waals surface area contributed by atoms with Crippen molar-refractivity contribution < 1.29 is 14.3 Å². The zero-order chi connectivity index (χ0) is 14.7. The van der Waals surface area contributed by atoms with Gasteiger partial charge in [0.05, 0.1) is 6.10 Å². The molecule has 3 aliphatic rings. The highest BCUT2D eigenvalue weighted by atomic mass is 16.5. The largest absolute Gasteiger partial charge is 0.381 e. The van der Waals surface area contributed by atoms with Crippen molar-refractivity contribution in [3.63, 3.8) is 0 Å². The van der Waals surface area contributed by atoms with E-state index in [1.165, 1.54) is 6.42 Å². The molecule has 1 spiro atoms. The number of hydrogen-bond donors (Lipinski definition) is 1. The average Bonchev–Trinajstić information content (AvgIpc) is 2.55. The third-order valence-electron chi connectivity index (χ3n) is 5.46. The van der Waals surface area contributed by atoms with Crippen molar-refractivity contribution in [2.24, 2.45) is 5.41 Å². The maximum Gasteiger partial charge on any atom is 0.247 e. The van der Waals surface area contributed by atoms with Crippen LogP contribution >= 0.6 is 0 Å². The molecule has 1 saturated carbocycles. The second kappa shape index (κ2) is 6.49. The summed E-state index contributed by atoms with van der Waals surface area (Å²) in [7, 11) is 0. The molecule has 1 aliphatic heterocycles. The van der Waals surface area contributed by atoms with E-state index in [1.54, 1.807) is 0 Å². The molecule has 1 saturated heterocycles. The fourth-order valence-electron chi connectivity index (χ4n) is 4.10. The zero-order valence-corrected chi connectivity index (χ0v) is 13.0. The van der Waals surface area contributed by atoms with Gasteiger partial charge in [-0.1, -0.05) is 6.08 Å². The Morgan fingerprint density at radius 1 is 1.43 bits per heavy atom. The van der Waals surface area contributed by atoms with Gasteiger partial charge in [0.2, 0.25) is 5.91 Å². The second-order valence-electron chi connectivity index (χ2n) is 6.53. The van der Waals surface area contributed by atoms with Crippen LogP contribution in [0.4, 0.5) is 0 Å². The quantitative estimate of drug-likeness (QED) is 0.866. The van der Waals surface area contributed by atoms with Gasteiger partial charge >= 0.3 is 0 Å². The summed E-state index contributed by atoms with van der Waals surface area (Å²) < 4.78 is 11.4. The van der Waals surface area contributed by atoms with Crippen LogP contribution < -0.4 is 5.32 Å². The number of ether oxygens (including phenoxy) is 2. The predicted octanol–water partition coefficient (Wildman–Crippen LogP) is 2.58. The van der Waals surface area contributed by atoms with Crippen molar-refractivity contribution in [1.29, 1.82) is 0 Å². The first-order chi connectivity index (χ1) is 10.3. The smallest absolute Gasteiger partial charge is 0.247 e. The summed E-state index contributed by atoms with van der Waals surface area (Å²) in [6.45, 7) is 4.38. The van der Waals surface area contributed by atoms with Crippen LogP contribution in [0.3, 0.4) is 0 Å². The zero-order valence-electron chi connectivity index (χ0n) is 13.0. The summed E-state index contributed by atoms with van der Waals surface area (Å²) in [5, 5.41) is 3.29. The minimum Gasteiger partial charge on any atom is -0.381 e.